The lowest BCUT2D eigenvalue weighted by molar-refractivity contribution is 0.0435. The number of benzene rings is 2. The van der Waals surface area contributed by atoms with Crippen molar-refractivity contribution in [2.24, 2.45) is 18.9 Å². The maximum Gasteiger partial charge on any atom is 0.407 e. The molecular formula is C30H35N5O6. The molecule has 3 aliphatic rings. The number of alkyl carbamates (subject to hydrolysis) is 1. The lowest BCUT2D eigenvalue weighted by atomic mass is 10.0. The van der Waals surface area contributed by atoms with E-state index in [4.69, 9.17) is 14.5 Å². The number of fused-ring (bicyclic) bond motifs is 2. The summed E-state index contributed by atoms with van der Waals surface area (Å²) < 4.78 is 12.5. The third-order valence-corrected chi connectivity index (χ3v) is 8.51. The molecule has 3 N–H and O–H groups in total. The molecule has 41 heavy (non-hydrogen) atoms. The SMILES string of the molecule is Cc1cc(C(C)Nc2ccccc2C(=O)O)c2nc(N3C[C@@H]4[C@H](C3)[C@@H]4NC(=O)OCC3CCCO3)n(C)c(=O)c2c1. The van der Waals surface area contributed by atoms with Crippen molar-refractivity contribution in [2.75, 3.05) is 36.5 Å². The fourth-order valence-electron chi connectivity index (χ4n) is 6.29. The number of carboxylic acid groups (broad SMARTS) is 1. The number of hydrogen-bond acceptors (Lipinski definition) is 8. The minimum atomic E-state index is -1.01. The Balaban J connectivity index is 1.20. The predicted octanol–water partition coefficient (Wildman–Crippen LogP) is 3.45. The van der Waals surface area contributed by atoms with Crippen molar-refractivity contribution < 1.29 is 24.2 Å². The van der Waals surface area contributed by atoms with Crippen molar-refractivity contribution in [1.29, 1.82) is 0 Å². The van der Waals surface area contributed by atoms with Crippen LogP contribution in [-0.4, -0.2) is 65.2 Å². The van der Waals surface area contributed by atoms with Crippen LogP contribution in [0.1, 0.15) is 47.3 Å². The van der Waals surface area contributed by atoms with E-state index in [2.05, 4.69) is 15.5 Å². The Morgan fingerprint density at radius 1 is 1.22 bits per heavy atom. The van der Waals surface area contributed by atoms with E-state index in [1.54, 1.807) is 35.9 Å². The van der Waals surface area contributed by atoms with Gasteiger partial charge < -0.3 is 30.1 Å². The molecular weight excluding hydrogens is 526 g/mol. The Labute approximate surface area is 237 Å². The van der Waals surface area contributed by atoms with E-state index in [0.29, 0.717) is 35.6 Å². The number of amides is 1. The largest absolute Gasteiger partial charge is 0.478 e. The summed E-state index contributed by atoms with van der Waals surface area (Å²) in [5.74, 6) is 0.102. The van der Waals surface area contributed by atoms with Crippen molar-refractivity contribution in [3.05, 3.63) is 63.4 Å². The highest BCUT2D eigenvalue weighted by atomic mass is 16.6. The molecule has 1 saturated carbocycles. The Hall–Kier alpha value is -4.12. The quantitative estimate of drug-likeness (QED) is 0.378. The number of aromatic nitrogens is 2. The number of piperidine rings is 1. The number of hydrogen-bond donors (Lipinski definition) is 3. The normalized spacial score (nSPS) is 23.7. The molecule has 11 heteroatoms. The van der Waals surface area contributed by atoms with Crippen LogP contribution in [0.3, 0.4) is 0 Å². The maximum atomic E-state index is 13.5. The van der Waals surface area contributed by atoms with Crippen molar-refractivity contribution in [2.45, 2.75) is 44.9 Å². The fourth-order valence-corrected chi connectivity index (χ4v) is 6.29. The topological polar surface area (TPSA) is 135 Å². The highest BCUT2D eigenvalue weighted by Crippen LogP contribution is 2.46. The monoisotopic (exact) mass is 561 g/mol. The highest BCUT2D eigenvalue weighted by Gasteiger charge is 2.57. The molecule has 0 spiro atoms. The molecule has 1 aromatic heterocycles. The molecule has 3 heterocycles. The Bertz CT molecular complexity index is 1550. The number of ether oxygens (including phenoxy) is 2. The van der Waals surface area contributed by atoms with Crippen molar-refractivity contribution in [3.63, 3.8) is 0 Å². The molecule has 5 atom stereocenters. The van der Waals surface area contributed by atoms with Gasteiger partial charge in [0.2, 0.25) is 5.95 Å². The summed E-state index contributed by atoms with van der Waals surface area (Å²) in [4.78, 5) is 44.7. The number of aromatic carboxylic acids is 1. The van der Waals surface area contributed by atoms with Crippen LogP contribution in [0.15, 0.2) is 41.2 Å². The molecule has 0 radical (unpaired) electrons. The number of carbonyl (C=O) groups is 2. The van der Waals surface area contributed by atoms with Crippen LogP contribution in [0.2, 0.25) is 0 Å². The van der Waals surface area contributed by atoms with Crippen molar-refractivity contribution >= 4 is 34.6 Å². The van der Waals surface area contributed by atoms with Crippen LogP contribution in [-0.2, 0) is 16.5 Å². The molecule has 6 rings (SSSR count). The first-order chi connectivity index (χ1) is 19.7. The van der Waals surface area contributed by atoms with Crippen LogP contribution in [0.4, 0.5) is 16.4 Å². The maximum absolute atomic E-state index is 13.5. The molecule has 2 saturated heterocycles. The smallest absolute Gasteiger partial charge is 0.407 e. The Morgan fingerprint density at radius 2 is 1.98 bits per heavy atom. The van der Waals surface area contributed by atoms with E-state index in [1.807, 2.05) is 26.0 Å². The summed E-state index contributed by atoms with van der Waals surface area (Å²) in [6.45, 7) is 6.22. The van der Waals surface area contributed by atoms with Crippen LogP contribution < -0.4 is 21.1 Å². The predicted molar refractivity (Wildman–Crippen MR) is 154 cm³/mol. The van der Waals surface area contributed by atoms with Gasteiger partial charge in [0, 0.05) is 55.9 Å². The standard InChI is InChI=1S/C30H35N5O6/c1-16-11-20(17(2)31-24-9-5-4-8-19(24)28(37)38)25-21(12-16)27(36)34(3)29(32-25)35-13-22-23(14-35)26(22)33-30(39)41-15-18-7-6-10-40-18/h4-5,8-9,11-12,17-18,22-23,26,31H,6-7,10,13-15H2,1-3H3,(H,33,39)(H,37,38)/t17?,18?,22-,23+,26-. The first-order valence-electron chi connectivity index (χ1n) is 14.1. The second kappa shape index (κ2) is 10.7. The van der Waals surface area contributed by atoms with Crippen molar-refractivity contribution in [1.82, 2.24) is 14.9 Å². The number of aryl methyl sites for hydroxylation is 1. The van der Waals surface area contributed by atoms with E-state index in [-0.39, 0.29) is 47.8 Å². The summed E-state index contributed by atoms with van der Waals surface area (Å²) in [5.41, 5.74) is 2.87. The van der Waals surface area contributed by atoms with Gasteiger partial charge in [-0.05, 0) is 50.5 Å². The van der Waals surface area contributed by atoms with E-state index >= 15 is 0 Å². The summed E-state index contributed by atoms with van der Waals surface area (Å²) in [6, 6.07) is 10.3. The second-order valence-corrected chi connectivity index (χ2v) is 11.4. The minimum Gasteiger partial charge on any atom is -0.478 e. The summed E-state index contributed by atoms with van der Waals surface area (Å²) in [5, 5.41) is 16.4. The molecule has 2 unspecified atom stereocenters. The molecule has 3 aromatic rings. The van der Waals surface area contributed by atoms with Gasteiger partial charge in [-0.15, -0.1) is 0 Å². The van der Waals surface area contributed by atoms with Gasteiger partial charge in [-0.1, -0.05) is 18.2 Å². The van der Waals surface area contributed by atoms with E-state index in [9.17, 15) is 19.5 Å². The van der Waals surface area contributed by atoms with Gasteiger partial charge in [0.1, 0.15) is 6.61 Å². The zero-order chi connectivity index (χ0) is 28.8. The molecule has 2 aliphatic heterocycles. The van der Waals surface area contributed by atoms with Crippen LogP contribution >= 0.6 is 0 Å². The van der Waals surface area contributed by atoms with Crippen LogP contribution in [0.25, 0.3) is 10.9 Å². The van der Waals surface area contributed by atoms with Gasteiger partial charge >= 0.3 is 12.1 Å². The fraction of sp³-hybridized carbons (Fsp3) is 0.467. The zero-order valence-corrected chi connectivity index (χ0v) is 23.4. The summed E-state index contributed by atoms with van der Waals surface area (Å²) >= 11 is 0. The van der Waals surface area contributed by atoms with Gasteiger partial charge in [-0.3, -0.25) is 9.36 Å². The van der Waals surface area contributed by atoms with E-state index in [1.165, 1.54) is 0 Å². The Kier molecular flexibility index (Phi) is 7.06. The third kappa shape index (κ3) is 5.21. The molecule has 1 amide bonds. The van der Waals surface area contributed by atoms with Crippen LogP contribution in [0, 0.1) is 18.8 Å². The first kappa shape index (κ1) is 27.1. The highest BCUT2D eigenvalue weighted by molar-refractivity contribution is 5.94. The van der Waals surface area contributed by atoms with Crippen molar-refractivity contribution in [3.8, 4) is 0 Å². The number of nitrogens with one attached hydrogen (secondary N) is 2. The number of anilines is 2. The van der Waals surface area contributed by atoms with Gasteiger partial charge in [0.25, 0.3) is 5.56 Å². The van der Waals surface area contributed by atoms with E-state index in [0.717, 1.165) is 30.6 Å². The number of nitrogens with zero attached hydrogens (tertiary/aromatic N) is 3. The second-order valence-electron chi connectivity index (χ2n) is 11.4. The van der Waals surface area contributed by atoms with E-state index < -0.39 is 12.1 Å². The minimum absolute atomic E-state index is 0.00582. The summed E-state index contributed by atoms with van der Waals surface area (Å²) in [7, 11) is 1.74. The van der Waals surface area contributed by atoms with Gasteiger partial charge in [0.05, 0.1) is 28.6 Å². The first-order valence-corrected chi connectivity index (χ1v) is 14.1. The number of carboxylic acids is 1. The summed E-state index contributed by atoms with van der Waals surface area (Å²) in [6.07, 6.45) is 1.50. The molecule has 216 valence electrons. The molecule has 0 bridgehead atoms. The average Bonchev–Trinajstić information content (AvgIpc) is 3.33. The number of carbonyl (C=O) groups excluding carboxylic acids is 1. The van der Waals surface area contributed by atoms with Gasteiger partial charge in [-0.25, -0.2) is 14.6 Å². The zero-order valence-electron chi connectivity index (χ0n) is 23.4. The van der Waals surface area contributed by atoms with Gasteiger partial charge in [-0.2, -0.15) is 0 Å². The number of para-hydroxylation sites is 1. The Morgan fingerprint density at radius 3 is 2.68 bits per heavy atom. The lowest BCUT2D eigenvalue weighted by Gasteiger charge is -2.25. The van der Waals surface area contributed by atoms with Gasteiger partial charge in [0.15, 0.2) is 0 Å². The molecule has 1 aliphatic carbocycles. The molecule has 11 nitrogen and oxygen atoms in total. The molecule has 2 aromatic carbocycles. The third-order valence-electron chi connectivity index (χ3n) is 8.51. The van der Waals surface area contributed by atoms with Crippen LogP contribution in [0.5, 0.6) is 0 Å². The average molecular weight is 562 g/mol. The lowest BCUT2D eigenvalue weighted by Crippen LogP contribution is -2.38. The molecule has 3 fully saturated rings. The number of rotatable bonds is 8.